The van der Waals surface area contributed by atoms with E-state index in [2.05, 4.69) is 31.1 Å². The summed E-state index contributed by atoms with van der Waals surface area (Å²) in [7, 11) is 0. The lowest BCUT2D eigenvalue weighted by Gasteiger charge is -2.18. The van der Waals surface area contributed by atoms with Gasteiger partial charge in [0.05, 0.1) is 6.54 Å². The predicted molar refractivity (Wildman–Crippen MR) is 79.9 cm³/mol. The summed E-state index contributed by atoms with van der Waals surface area (Å²) in [5, 5.41) is 5.40. The minimum absolute atomic E-state index is 0.725. The molecule has 0 radical (unpaired) electrons. The molecule has 0 spiro atoms. The van der Waals surface area contributed by atoms with Crippen LogP contribution < -0.4 is 5.32 Å². The lowest BCUT2D eigenvalue weighted by atomic mass is 9.99. The topological polar surface area (TPSA) is 24.4 Å². The molecule has 2 nitrogen and oxygen atoms in total. The molecule has 0 aromatic rings. The van der Waals surface area contributed by atoms with Gasteiger partial charge in [0, 0.05) is 11.8 Å². The van der Waals surface area contributed by atoms with Crippen molar-refractivity contribution in [3.05, 3.63) is 0 Å². The molecule has 1 heterocycles. The highest BCUT2D eigenvalue weighted by Gasteiger charge is 2.25. The van der Waals surface area contributed by atoms with Crippen molar-refractivity contribution in [1.29, 1.82) is 0 Å². The summed E-state index contributed by atoms with van der Waals surface area (Å²) in [6.07, 6.45) is 7.87. The van der Waals surface area contributed by atoms with E-state index in [1.165, 1.54) is 43.7 Å². The molecule has 1 unspecified atom stereocenters. The quantitative estimate of drug-likeness (QED) is 0.662. The van der Waals surface area contributed by atoms with Gasteiger partial charge in [-0.1, -0.05) is 64.6 Å². The van der Waals surface area contributed by atoms with Gasteiger partial charge in [-0.15, -0.1) is 0 Å². The molecule has 100 valence electrons. The highest BCUT2D eigenvalue weighted by atomic mass is 32.2. The number of hydrogen-bond donors (Lipinski definition) is 1. The number of hydrogen-bond acceptors (Lipinski definition) is 3. The molecule has 0 aromatic carbocycles. The molecule has 1 aliphatic rings. The third kappa shape index (κ3) is 5.33. The van der Waals surface area contributed by atoms with Crippen LogP contribution in [0.15, 0.2) is 4.99 Å². The first kappa shape index (κ1) is 14.9. The SMILES string of the molecule is CCCCCCNC1=NCC(C(CC)CC)S1. The van der Waals surface area contributed by atoms with Crippen LogP contribution in [-0.2, 0) is 0 Å². The molecule has 1 rings (SSSR count). The lowest BCUT2D eigenvalue weighted by molar-refractivity contribution is 0.479. The van der Waals surface area contributed by atoms with Gasteiger partial charge in [-0.25, -0.2) is 0 Å². The Kier molecular flexibility index (Phi) is 7.74. The van der Waals surface area contributed by atoms with Gasteiger partial charge < -0.3 is 5.32 Å². The summed E-state index contributed by atoms with van der Waals surface area (Å²) in [6, 6.07) is 0. The van der Waals surface area contributed by atoms with Crippen LogP contribution in [-0.4, -0.2) is 23.5 Å². The number of aliphatic imine (C=N–C) groups is 1. The summed E-state index contributed by atoms with van der Waals surface area (Å²) in [5.74, 6) is 0.836. The van der Waals surface area contributed by atoms with Crippen molar-refractivity contribution >= 4 is 16.9 Å². The summed E-state index contributed by atoms with van der Waals surface area (Å²) in [5.41, 5.74) is 0. The highest BCUT2D eigenvalue weighted by molar-refractivity contribution is 8.14. The maximum atomic E-state index is 4.62. The maximum Gasteiger partial charge on any atom is 0.156 e. The monoisotopic (exact) mass is 256 g/mol. The summed E-state index contributed by atoms with van der Waals surface area (Å²) < 4.78 is 0. The molecule has 0 saturated carbocycles. The van der Waals surface area contributed by atoms with Gasteiger partial charge in [0.25, 0.3) is 0 Å². The van der Waals surface area contributed by atoms with E-state index in [4.69, 9.17) is 0 Å². The van der Waals surface area contributed by atoms with Crippen molar-refractivity contribution in [2.75, 3.05) is 13.1 Å². The molecule has 0 fully saturated rings. The minimum Gasteiger partial charge on any atom is -0.365 e. The second-order valence-corrected chi connectivity index (χ2v) is 6.09. The third-order valence-electron chi connectivity index (χ3n) is 3.56. The first-order valence-electron chi connectivity index (χ1n) is 7.26. The fourth-order valence-corrected chi connectivity index (χ4v) is 3.64. The van der Waals surface area contributed by atoms with Crippen molar-refractivity contribution in [3.8, 4) is 0 Å². The van der Waals surface area contributed by atoms with Gasteiger partial charge in [-0.3, -0.25) is 4.99 Å². The highest BCUT2D eigenvalue weighted by Crippen LogP contribution is 2.30. The van der Waals surface area contributed by atoms with Crippen LogP contribution in [0.2, 0.25) is 0 Å². The number of thioether (sulfide) groups is 1. The van der Waals surface area contributed by atoms with Crippen molar-refractivity contribution < 1.29 is 0 Å². The van der Waals surface area contributed by atoms with Crippen LogP contribution in [0.3, 0.4) is 0 Å². The van der Waals surface area contributed by atoms with Crippen LogP contribution >= 0.6 is 11.8 Å². The molecule has 1 atom stereocenters. The second kappa shape index (κ2) is 8.84. The Morgan fingerprint density at radius 1 is 1.24 bits per heavy atom. The average Bonchev–Trinajstić information content (AvgIpc) is 2.79. The van der Waals surface area contributed by atoms with Crippen molar-refractivity contribution in [2.45, 2.75) is 64.5 Å². The fraction of sp³-hybridized carbons (Fsp3) is 0.929. The van der Waals surface area contributed by atoms with Crippen LogP contribution in [0, 0.1) is 5.92 Å². The Balaban J connectivity index is 2.12. The molecule has 0 bridgehead atoms. The van der Waals surface area contributed by atoms with Gasteiger partial charge in [0.15, 0.2) is 5.17 Å². The predicted octanol–water partition coefficient (Wildman–Crippen LogP) is 4.06. The standard InChI is InChI=1S/C14H28N2S/c1-4-7-8-9-10-15-14-16-11-13(17-14)12(5-2)6-3/h12-13H,4-11H2,1-3H3,(H,15,16). The Morgan fingerprint density at radius 3 is 2.65 bits per heavy atom. The van der Waals surface area contributed by atoms with Gasteiger partial charge in [-0.2, -0.15) is 0 Å². The van der Waals surface area contributed by atoms with Gasteiger partial charge in [-0.05, 0) is 12.3 Å². The molecule has 0 amide bonds. The van der Waals surface area contributed by atoms with Crippen LogP contribution in [0.4, 0.5) is 0 Å². The smallest absolute Gasteiger partial charge is 0.156 e. The van der Waals surface area contributed by atoms with E-state index in [1.54, 1.807) is 0 Å². The molecular formula is C14H28N2S. The van der Waals surface area contributed by atoms with Crippen LogP contribution in [0.25, 0.3) is 0 Å². The van der Waals surface area contributed by atoms with E-state index in [0.717, 1.165) is 24.3 Å². The molecule has 3 heteroatoms. The largest absolute Gasteiger partial charge is 0.365 e. The van der Waals surface area contributed by atoms with Crippen molar-refractivity contribution in [1.82, 2.24) is 5.32 Å². The van der Waals surface area contributed by atoms with E-state index >= 15 is 0 Å². The lowest BCUT2D eigenvalue weighted by Crippen LogP contribution is -2.22. The maximum absolute atomic E-state index is 4.62. The molecular weight excluding hydrogens is 228 g/mol. The van der Waals surface area contributed by atoms with E-state index < -0.39 is 0 Å². The Bertz CT molecular complexity index is 224. The van der Waals surface area contributed by atoms with E-state index in [9.17, 15) is 0 Å². The summed E-state index contributed by atoms with van der Waals surface area (Å²) >= 11 is 1.97. The zero-order valence-electron chi connectivity index (χ0n) is 11.7. The average molecular weight is 256 g/mol. The number of rotatable bonds is 8. The Morgan fingerprint density at radius 2 is 2.00 bits per heavy atom. The zero-order valence-corrected chi connectivity index (χ0v) is 12.5. The minimum atomic E-state index is 0.725. The molecule has 0 saturated heterocycles. The molecule has 1 aliphatic heterocycles. The normalized spacial score (nSPS) is 19.8. The number of nitrogens with one attached hydrogen (secondary N) is 1. The van der Waals surface area contributed by atoms with Crippen molar-refractivity contribution in [3.63, 3.8) is 0 Å². The second-order valence-electron chi connectivity index (χ2n) is 4.87. The fourth-order valence-electron chi connectivity index (χ4n) is 2.30. The molecule has 0 aromatic heterocycles. The third-order valence-corrected chi connectivity index (χ3v) is 4.89. The van der Waals surface area contributed by atoms with Crippen LogP contribution in [0.1, 0.15) is 59.3 Å². The van der Waals surface area contributed by atoms with Crippen molar-refractivity contribution in [2.24, 2.45) is 10.9 Å². The number of amidine groups is 1. The Hall–Kier alpha value is -0.180. The van der Waals surface area contributed by atoms with Gasteiger partial charge >= 0.3 is 0 Å². The number of nitrogens with zero attached hydrogens (tertiary/aromatic N) is 1. The zero-order chi connectivity index (χ0) is 12.5. The van der Waals surface area contributed by atoms with E-state index in [-0.39, 0.29) is 0 Å². The molecule has 0 aliphatic carbocycles. The van der Waals surface area contributed by atoms with Gasteiger partial charge in [0.1, 0.15) is 0 Å². The van der Waals surface area contributed by atoms with Crippen LogP contribution in [0.5, 0.6) is 0 Å². The number of unbranched alkanes of at least 4 members (excludes halogenated alkanes) is 3. The van der Waals surface area contributed by atoms with E-state index in [1.807, 2.05) is 11.8 Å². The first-order valence-corrected chi connectivity index (χ1v) is 8.14. The Labute approximate surface area is 111 Å². The first-order chi connectivity index (χ1) is 8.31. The molecule has 1 N–H and O–H groups in total. The summed E-state index contributed by atoms with van der Waals surface area (Å²) in [6.45, 7) is 8.97. The van der Waals surface area contributed by atoms with Gasteiger partial charge in [0.2, 0.25) is 0 Å². The molecule has 17 heavy (non-hydrogen) atoms. The van der Waals surface area contributed by atoms with E-state index in [0.29, 0.717) is 0 Å². The summed E-state index contributed by atoms with van der Waals surface area (Å²) in [4.78, 5) is 4.62.